The molecule has 0 spiro atoms. The Morgan fingerprint density at radius 2 is 1.91 bits per heavy atom. The Morgan fingerprint density at radius 3 is 2.59 bits per heavy atom. The molecule has 1 aromatic carbocycles. The molecule has 0 radical (unpaired) electrons. The number of pyridine rings is 1. The number of halogens is 1. The van der Waals surface area contributed by atoms with Gasteiger partial charge in [-0.25, -0.2) is 4.98 Å². The predicted molar refractivity (Wildman–Crippen MR) is 91.9 cm³/mol. The molecule has 110 valence electrons. The van der Waals surface area contributed by atoms with Crippen molar-refractivity contribution in [2.24, 2.45) is 0 Å². The molecule has 0 bridgehead atoms. The van der Waals surface area contributed by atoms with E-state index in [1.165, 1.54) is 0 Å². The fourth-order valence-electron chi connectivity index (χ4n) is 2.21. The highest BCUT2D eigenvalue weighted by Gasteiger charge is 2.12. The molecule has 3 nitrogen and oxygen atoms in total. The Labute approximate surface area is 137 Å². The van der Waals surface area contributed by atoms with Gasteiger partial charge in [-0.05, 0) is 60.0 Å². The zero-order chi connectivity index (χ0) is 15.7. The normalized spacial score (nSPS) is 11.3. The number of aromatic nitrogens is 2. The quantitative estimate of drug-likeness (QED) is 0.672. The molecule has 0 saturated heterocycles. The highest BCUT2D eigenvalue weighted by atomic mass is 79.9. The summed E-state index contributed by atoms with van der Waals surface area (Å²) in [4.78, 5) is 4.51. The minimum absolute atomic E-state index is 0.800. The van der Waals surface area contributed by atoms with Gasteiger partial charge in [-0.2, -0.15) is 0 Å². The maximum absolute atomic E-state index is 9.85. The molecule has 0 atom stereocenters. The zero-order valence-corrected chi connectivity index (χ0v) is 13.9. The van der Waals surface area contributed by atoms with Gasteiger partial charge in [0.1, 0.15) is 11.2 Å². The lowest BCUT2D eigenvalue weighted by Gasteiger charge is -2.08. The van der Waals surface area contributed by atoms with Crippen LogP contribution in [-0.2, 0) is 0 Å². The number of fused-ring (bicyclic) bond motifs is 1. The summed E-state index contributed by atoms with van der Waals surface area (Å²) in [5, 5.41) is 10.9. The fourth-order valence-corrected chi connectivity index (χ4v) is 2.56. The molecule has 2 heterocycles. The van der Waals surface area contributed by atoms with Crippen LogP contribution >= 0.6 is 15.9 Å². The van der Waals surface area contributed by atoms with Gasteiger partial charge in [-0.3, -0.25) is 4.57 Å². The average molecular weight is 355 g/mol. The third kappa shape index (κ3) is 3.06. The minimum Gasteiger partial charge on any atom is -0.378 e. The predicted octanol–water partition coefficient (Wildman–Crippen LogP) is 3.91. The van der Waals surface area contributed by atoms with Crippen molar-refractivity contribution in [1.82, 2.24) is 9.55 Å². The fraction of sp³-hybridized carbons (Fsp3) is 0.167. The summed E-state index contributed by atoms with van der Waals surface area (Å²) in [6, 6.07) is 14.0. The van der Waals surface area contributed by atoms with Crippen molar-refractivity contribution < 1.29 is 5.11 Å². The molecule has 0 unspecified atom stereocenters. The summed E-state index contributed by atoms with van der Waals surface area (Å²) in [5.74, 6) is 5.94. The molecule has 0 saturated carbocycles. The number of hydrogen-bond acceptors (Lipinski definition) is 2. The number of nitrogens with zero attached hydrogens (tertiary/aromatic N) is 2. The lowest BCUT2D eigenvalue weighted by molar-refractivity contribution is 0.143. The molecule has 0 aliphatic heterocycles. The molecule has 4 heteroatoms. The smallest absolute Gasteiger partial charge is 0.145 e. The van der Waals surface area contributed by atoms with Crippen molar-refractivity contribution in [2.45, 2.75) is 19.4 Å². The second kappa shape index (κ2) is 5.60. The SMILES string of the molecule is CC(C)(O)C#Cc1cc2cc(Br)cnc2n1-c1ccccc1. The monoisotopic (exact) mass is 354 g/mol. The first kappa shape index (κ1) is 14.8. The van der Waals surface area contributed by atoms with E-state index in [2.05, 4.69) is 32.8 Å². The lowest BCUT2D eigenvalue weighted by Crippen LogP contribution is -2.14. The first-order valence-corrected chi connectivity index (χ1v) is 7.71. The molecule has 0 aliphatic carbocycles. The Balaban J connectivity index is 2.28. The first-order valence-electron chi connectivity index (χ1n) is 6.92. The van der Waals surface area contributed by atoms with E-state index >= 15 is 0 Å². The number of benzene rings is 1. The van der Waals surface area contributed by atoms with Gasteiger partial charge in [-0.15, -0.1) is 0 Å². The summed E-state index contributed by atoms with van der Waals surface area (Å²) in [5.41, 5.74) is 1.60. The van der Waals surface area contributed by atoms with Gasteiger partial charge in [0.25, 0.3) is 0 Å². The Kier molecular flexibility index (Phi) is 3.78. The molecule has 0 fully saturated rings. The van der Waals surface area contributed by atoms with E-state index in [9.17, 15) is 5.11 Å². The number of aliphatic hydroxyl groups is 1. The zero-order valence-electron chi connectivity index (χ0n) is 12.3. The van der Waals surface area contributed by atoms with Crippen molar-refractivity contribution in [3.05, 3.63) is 58.8 Å². The summed E-state index contributed by atoms with van der Waals surface area (Å²) in [6.07, 6.45) is 1.77. The number of hydrogen-bond donors (Lipinski definition) is 1. The van der Waals surface area contributed by atoms with E-state index in [0.717, 1.165) is 26.9 Å². The van der Waals surface area contributed by atoms with Crippen molar-refractivity contribution in [3.63, 3.8) is 0 Å². The average Bonchev–Trinajstić information content (AvgIpc) is 2.82. The standard InChI is InChI=1S/C18H15BrN2O/c1-18(2,22)9-8-16-11-13-10-14(19)12-20-17(13)21(16)15-6-4-3-5-7-15/h3-7,10-12,22H,1-2H3. The molecule has 2 aromatic heterocycles. The summed E-state index contributed by atoms with van der Waals surface area (Å²) >= 11 is 3.45. The van der Waals surface area contributed by atoms with Gasteiger partial charge in [0, 0.05) is 21.7 Å². The molecular formula is C18H15BrN2O. The highest BCUT2D eigenvalue weighted by Crippen LogP contribution is 2.25. The summed E-state index contributed by atoms with van der Waals surface area (Å²) in [6.45, 7) is 3.34. The second-order valence-corrected chi connectivity index (χ2v) is 6.49. The van der Waals surface area contributed by atoms with Crippen LogP contribution in [0.2, 0.25) is 0 Å². The Hall–Kier alpha value is -2.09. The molecule has 3 rings (SSSR count). The highest BCUT2D eigenvalue weighted by molar-refractivity contribution is 9.10. The number of para-hydroxylation sites is 1. The van der Waals surface area contributed by atoms with Crippen molar-refractivity contribution in [2.75, 3.05) is 0 Å². The van der Waals surface area contributed by atoms with Gasteiger partial charge < -0.3 is 5.11 Å². The summed E-state index contributed by atoms with van der Waals surface area (Å²) in [7, 11) is 0. The Bertz CT molecular complexity index is 880. The third-order valence-corrected chi connectivity index (χ3v) is 3.55. The van der Waals surface area contributed by atoms with Crippen LogP contribution in [0.25, 0.3) is 16.7 Å². The van der Waals surface area contributed by atoms with Crippen LogP contribution in [0.5, 0.6) is 0 Å². The van der Waals surface area contributed by atoms with Gasteiger partial charge in [0.15, 0.2) is 0 Å². The largest absolute Gasteiger partial charge is 0.378 e. The van der Waals surface area contributed by atoms with Gasteiger partial charge in [0.05, 0.1) is 5.69 Å². The molecule has 22 heavy (non-hydrogen) atoms. The van der Waals surface area contributed by atoms with Gasteiger partial charge in [0.2, 0.25) is 0 Å². The first-order chi connectivity index (χ1) is 10.4. The van der Waals surface area contributed by atoms with E-state index < -0.39 is 5.60 Å². The van der Waals surface area contributed by atoms with Crippen molar-refractivity contribution in [1.29, 1.82) is 0 Å². The van der Waals surface area contributed by atoms with Crippen molar-refractivity contribution in [3.8, 4) is 17.5 Å². The van der Waals surface area contributed by atoms with Crippen molar-refractivity contribution >= 4 is 27.0 Å². The molecule has 3 aromatic rings. The molecule has 0 aliphatic rings. The molecule has 1 N–H and O–H groups in total. The number of rotatable bonds is 1. The second-order valence-electron chi connectivity index (χ2n) is 5.58. The van der Waals surface area contributed by atoms with Crippen LogP contribution in [0.15, 0.2) is 53.1 Å². The van der Waals surface area contributed by atoms with E-state index in [1.807, 2.05) is 47.0 Å². The molecule has 0 amide bonds. The maximum atomic E-state index is 9.85. The molecular weight excluding hydrogens is 340 g/mol. The van der Waals surface area contributed by atoms with Crippen LogP contribution in [0, 0.1) is 11.8 Å². The van der Waals surface area contributed by atoms with Crippen LogP contribution in [0.3, 0.4) is 0 Å². The van der Waals surface area contributed by atoms with E-state index in [1.54, 1.807) is 20.0 Å². The minimum atomic E-state index is -1.04. The van der Waals surface area contributed by atoms with Crippen LogP contribution in [0.1, 0.15) is 19.5 Å². The van der Waals surface area contributed by atoms with E-state index in [-0.39, 0.29) is 0 Å². The third-order valence-electron chi connectivity index (χ3n) is 3.12. The van der Waals surface area contributed by atoms with E-state index in [4.69, 9.17) is 0 Å². The Morgan fingerprint density at radius 1 is 1.18 bits per heavy atom. The van der Waals surface area contributed by atoms with Gasteiger partial charge in [-0.1, -0.05) is 24.1 Å². The maximum Gasteiger partial charge on any atom is 0.145 e. The summed E-state index contributed by atoms with van der Waals surface area (Å²) < 4.78 is 2.92. The van der Waals surface area contributed by atoms with Crippen LogP contribution in [-0.4, -0.2) is 20.3 Å². The topological polar surface area (TPSA) is 38.1 Å². The van der Waals surface area contributed by atoms with Gasteiger partial charge >= 0.3 is 0 Å². The van der Waals surface area contributed by atoms with E-state index in [0.29, 0.717) is 0 Å². The lowest BCUT2D eigenvalue weighted by atomic mass is 10.1. The van der Waals surface area contributed by atoms with Crippen LogP contribution in [0.4, 0.5) is 0 Å². The van der Waals surface area contributed by atoms with Crippen LogP contribution < -0.4 is 0 Å².